The van der Waals surface area contributed by atoms with Crippen LogP contribution in [0.4, 0.5) is 0 Å². The Morgan fingerprint density at radius 1 is 1.07 bits per heavy atom. The summed E-state index contributed by atoms with van der Waals surface area (Å²) in [6.45, 7) is 5.54. The molecular weight excluding hydrogens is 371 g/mol. The van der Waals surface area contributed by atoms with Crippen molar-refractivity contribution in [3.05, 3.63) is 82.4 Å². The van der Waals surface area contributed by atoms with Crippen LogP contribution in [0.25, 0.3) is 5.69 Å². The van der Waals surface area contributed by atoms with Gasteiger partial charge in [0.15, 0.2) is 0 Å². The van der Waals surface area contributed by atoms with Crippen LogP contribution in [-0.2, 0) is 0 Å². The molecule has 1 atom stereocenters. The number of carboxylic acids is 1. The van der Waals surface area contributed by atoms with E-state index in [2.05, 4.69) is 4.98 Å². The van der Waals surface area contributed by atoms with Crippen LogP contribution in [0, 0.1) is 20.8 Å². The topological polar surface area (TPSA) is 141 Å². The first kappa shape index (κ1) is 26.0. The van der Waals surface area contributed by atoms with Gasteiger partial charge in [0.25, 0.3) is 0 Å². The number of aromatic carboxylic acids is 1. The Labute approximate surface area is 185 Å². The van der Waals surface area contributed by atoms with Gasteiger partial charge in [0, 0.05) is 18.1 Å². The zero-order valence-corrected chi connectivity index (χ0v) is 18.4. The van der Waals surface area contributed by atoms with Crippen molar-refractivity contribution in [2.45, 2.75) is 26.9 Å². The third-order valence-corrected chi connectivity index (χ3v) is 4.46. The molecule has 7 nitrogen and oxygen atoms in total. The number of carbonyl (C=O) groups excluding carboxylic acids is 1. The minimum absolute atomic E-state index is 0. The van der Waals surface area contributed by atoms with Gasteiger partial charge in [-0.05, 0) is 78.4 Å². The van der Waals surface area contributed by atoms with Gasteiger partial charge in [-0.3, -0.25) is 0 Å². The molecule has 1 aromatic heterocycles. The summed E-state index contributed by atoms with van der Waals surface area (Å²) in [5.41, 5.74) is 4.92. The number of aliphatic hydroxyl groups excluding tert-OH is 1. The molecule has 0 bridgehead atoms. The van der Waals surface area contributed by atoms with E-state index in [9.17, 15) is 15.0 Å². The van der Waals surface area contributed by atoms with Gasteiger partial charge in [0.05, 0.1) is 12.3 Å². The summed E-state index contributed by atoms with van der Waals surface area (Å²) in [5, 5.41) is 22.1. The number of nitrogens with zero attached hydrogens (tertiary/aromatic N) is 2. The molecule has 1 heterocycles. The van der Waals surface area contributed by atoms with Gasteiger partial charge in [-0.15, -0.1) is 0 Å². The number of aliphatic hydroxyl groups is 1. The molecule has 0 fully saturated rings. The Balaban J connectivity index is 0.00000243. The van der Waals surface area contributed by atoms with Gasteiger partial charge < -0.3 is 30.5 Å². The standard InChI is InChI=1S/C20H20N2O3.Na.2H2O/c1-12-4-5-16(22-7-6-21-11-22)10-17(12)19(23)18-13(2)8-15(20(24)25)9-14(18)3;;;/h4-11,19,23H,1-3H3,(H,24,25);;2*1H2/q;+1;;/p-1. The molecule has 3 rings (SSSR count). The predicted octanol–water partition coefficient (Wildman–Crippen LogP) is -2.40. The second kappa shape index (κ2) is 10.5. The van der Waals surface area contributed by atoms with Crippen LogP contribution in [0.5, 0.6) is 0 Å². The molecule has 0 amide bonds. The second-order valence-corrected chi connectivity index (χ2v) is 6.22. The maximum absolute atomic E-state index is 11.1. The van der Waals surface area contributed by atoms with E-state index in [4.69, 9.17) is 0 Å². The number of aryl methyl sites for hydroxylation is 3. The predicted molar refractivity (Wildman–Crippen MR) is 99.8 cm³/mol. The summed E-state index contributed by atoms with van der Waals surface area (Å²) in [6.07, 6.45) is 4.39. The third kappa shape index (κ3) is 5.08. The second-order valence-electron chi connectivity index (χ2n) is 6.22. The molecule has 1 unspecified atom stereocenters. The summed E-state index contributed by atoms with van der Waals surface area (Å²) in [7, 11) is 0. The van der Waals surface area contributed by atoms with Crippen molar-refractivity contribution in [2.75, 3.05) is 0 Å². The molecule has 0 aliphatic rings. The van der Waals surface area contributed by atoms with Crippen molar-refractivity contribution in [3.8, 4) is 5.69 Å². The molecule has 2 aromatic carbocycles. The largest absolute Gasteiger partial charge is 1.00 e. The first-order valence-electron chi connectivity index (χ1n) is 7.98. The Morgan fingerprint density at radius 3 is 2.18 bits per heavy atom. The van der Waals surface area contributed by atoms with Crippen molar-refractivity contribution < 1.29 is 55.5 Å². The Hall–Kier alpha value is -2.00. The van der Waals surface area contributed by atoms with Crippen LogP contribution in [0.2, 0.25) is 0 Å². The number of aromatic nitrogens is 2. The van der Waals surface area contributed by atoms with Crippen LogP contribution < -0.4 is 34.7 Å². The van der Waals surface area contributed by atoms with E-state index >= 15 is 0 Å². The maximum Gasteiger partial charge on any atom is 1.00 e. The van der Waals surface area contributed by atoms with Gasteiger partial charge in [-0.2, -0.15) is 0 Å². The van der Waals surface area contributed by atoms with Gasteiger partial charge in [0.1, 0.15) is 6.10 Å². The summed E-state index contributed by atoms with van der Waals surface area (Å²) >= 11 is 0. The molecule has 5 N–H and O–H groups in total. The number of carbonyl (C=O) groups is 1. The number of hydrogen-bond donors (Lipinski definition) is 1. The van der Waals surface area contributed by atoms with Crippen LogP contribution in [0.3, 0.4) is 0 Å². The molecule has 8 heteroatoms. The molecule has 144 valence electrons. The fraction of sp³-hybridized carbons (Fsp3) is 0.200. The Bertz CT molecular complexity index is 919. The molecule has 28 heavy (non-hydrogen) atoms. The van der Waals surface area contributed by atoms with Crippen molar-refractivity contribution in [2.24, 2.45) is 0 Å². The Morgan fingerprint density at radius 2 is 1.68 bits per heavy atom. The van der Waals surface area contributed by atoms with Crippen molar-refractivity contribution in [3.63, 3.8) is 0 Å². The number of hydrogen-bond acceptors (Lipinski definition) is 4. The van der Waals surface area contributed by atoms with Crippen LogP contribution >= 0.6 is 0 Å². The number of imidazole rings is 1. The minimum atomic E-state index is -1.22. The molecule has 0 saturated carbocycles. The van der Waals surface area contributed by atoms with Gasteiger partial charge >= 0.3 is 29.6 Å². The van der Waals surface area contributed by atoms with Crippen molar-refractivity contribution in [1.82, 2.24) is 9.55 Å². The van der Waals surface area contributed by atoms with Gasteiger partial charge in [0.2, 0.25) is 0 Å². The number of benzene rings is 2. The van der Waals surface area contributed by atoms with E-state index in [0.717, 1.165) is 33.5 Å². The average molecular weight is 394 g/mol. The summed E-state index contributed by atoms with van der Waals surface area (Å²) in [6, 6.07) is 8.92. The Kier molecular flexibility index (Phi) is 9.77. The SMILES string of the molecule is Cc1ccc(-n2ccnc2)cc1C(O)c1c(C)cc(C(=O)[O-])cc1C.O.O.[Na+]. The van der Waals surface area contributed by atoms with Crippen molar-refractivity contribution in [1.29, 1.82) is 0 Å². The molecule has 0 aliphatic heterocycles. The van der Waals surface area contributed by atoms with E-state index in [-0.39, 0.29) is 46.1 Å². The van der Waals surface area contributed by atoms with E-state index in [0.29, 0.717) is 0 Å². The van der Waals surface area contributed by atoms with Crippen molar-refractivity contribution >= 4 is 5.97 Å². The van der Waals surface area contributed by atoms with Crippen LogP contribution in [-0.4, -0.2) is 31.6 Å². The zero-order valence-electron chi connectivity index (χ0n) is 16.4. The minimum Gasteiger partial charge on any atom is -0.545 e. The first-order valence-corrected chi connectivity index (χ1v) is 7.98. The molecule has 0 radical (unpaired) electrons. The van der Waals surface area contributed by atoms with E-state index in [1.807, 2.05) is 35.9 Å². The summed E-state index contributed by atoms with van der Waals surface area (Å²) < 4.78 is 1.87. The molecule has 0 aliphatic carbocycles. The third-order valence-electron chi connectivity index (χ3n) is 4.46. The molecule has 0 spiro atoms. The fourth-order valence-corrected chi connectivity index (χ4v) is 3.17. The quantitative estimate of drug-likeness (QED) is 0.492. The van der Waals surface area contributed by atoms with E-state index in [1.165, 1.54) is 12.1 Å². The number of carboxylic acid groups (broad SMARTS) is 1. The van der Waals surface area contributed by atoms with E-state index in [1.54, 1.807) is 26.4 Å². The monoisotopic (exact) mass is 394 g/mol. The van der Waals surface area contributed by atoms with Crippen LogP contribution in [0.1, 0.15) is 44.3 Å². The summed E-state index contributed by atoms with van der Waals surface area (Å²) in [5.74, 6) is -1.22. The fourth-order valence-electron chi connectivity index (χ4n) is 3.17. The molecule has 3 aromatic rings. The molecule has 0 saturated heterocycles. The van der Waals surface area contributed by atoms with E-state index < -0.39 is 12.1 Å². The zero-order chi connectivity index (χ0) is 18.1. The van der Waals surface area contributed by atoms with Gasteiger partial charge in [-0.25, -0.2) is 4.98 Å². The first-order chi connectivity index (χ1) is 11.9. The normalized spacial score (nSPS) is 10.9. The smallest absolute Gasteiger partial charge is 0.545 e. The molecular formula is C20H23N2NaO5. The maximum atomic E-state index is 11.1. The van der Waals surface area contributed by atoms with Gasteiger partial charge in [-0.1, -0.05) is 6.07 Å². The van der Waals surface area contributed by atoms with Crippen LogP contribution in [0.15, 0.2) is 49.1 Å². The summed E-state index contributed by atoms with van der Waals surface area (Å²) in [4.78, 5) is 15.2. The number of rotatable bonds is 4. The average Bonchev–Trinajstić information content (AvgIpc) is 3.08.